The number of nitrogens with zero attached hydrogens (tertiary/aromatic N) is 2. The molecule has 1 N–H and O–H groups in total. The summed E-state index contributed by atoms with van der Waals surface area (Å²) in [4.78, 5) is 11.0. The second-order valence-corrected chi connectivity index (χ2v) is 10.5. The lowest BCUT2D eigenvalue weighted by Gasteiger charge is -2.12. The Balaban J connectivity index is 1.27. The van der Waals surface area contributed by atoms with Crippen LogP contribution in [0, 0.1) is 6.92 Å². The van der Waals surface area contributed by atoms with Crippen molar-refractivity contribution in [2.45, 2.75) is 32.3 Å². The number of benzene rings is 3. The van der Waals surface area contributed by atoms with Crippen molar-refractivity contribution in [2.75, 3.05) is 0 Å². The predicted molar refractivity (Wildman–Crippen MR) is 150 cm³/mol. The smallest absolute Gasteiger partial charge is 0.489 e. The average Bonchev–Trinajstić information content (AvgIpc) is 3.59. The van der Waals surface area contributed by atoms with E-state index in [9.17, 15) is 4.79 Å². The van der Waals surface area contributed by atoms with Gasteiger partial charge in [-0.15, -0.1) is 0 Å². The summed E-state index contributed by atoms with van der Waals surface area (Å²) < 4.78 is 18.8. The number of hydrogen-bond acceptors (Lipinski definition) is 5. The molecule has 9 heteroatoms. The molecule has 0 atom stereocenters. The molecular weight excluding hydrogens is 539 g/mol. The number of fused-ring (bicyclic) bond motifs is 1. The molecule has 1 aliphatic carbocycles. The van der Waals surface area contributed by atoms with E-state index in [1.165, 1.54) is 0 Å². The summed E-state index contributed by atoms with van der Waals surface area (Å²) in [6.07, 6.45) is 2.44. The molecule has 6 rings (SSSR count). The maximum absolute atomic E-state index is 11.0. The van der Waals surface area contributed by atoms with Gasteiger partial charge in [0.1, 0.15) is 23.8 Å². The van der Waals surface area contributed by atoms with Gasteiger partial charge < -0.3 is 23.7 Å². The maximum atomic E-state index is 11.0. The number of hydrogen-bond donors (Lipinski definition) is 1. The van der Waals surface area contributed by atoms with Crippen LogP contribution in [0.15, 0.2) is 65.3 Å². The summed E-state index contributed by atoms with van der Waals surface area (Å²) in [6.45, 7) is 2.30. The van der Waals surface area contributed by atoms with Crippen molar-refractivity contribution < 1.29 is 23.9 Å². The summed E-state index contributed by atoms with van der Waals surface area (Å²) >= 11 is 13.0. The third-order valence-corrected chi connectivity index (χ3v) is 7.64. The highest BCUT2D eigenvalue weighted by atomic mass is 35.5. The van der Waals surface area contributed by atoms with Gasteiger partial charge in [0.2, 0.25) is 0 Å². The first kappa shape index (κ1) is 25.3. The number of ether oxygens (including phenoxy) is 2. The Morgan fingerprint density at radius 3 is 2.59 bits per heavy atom. The first-order valence-corrected chi connectivity index (χ1v) is 13.2. The monoisotopic (exact) mass is 562 g/mol. The molecule has 1 saturated carbocycles. The number of halogens is 2. The highest BCUT2D eigenvalue weighted by Crippen LogP contribution is 2.46. The van der Waals surface area contributed by atoms with Crippen LogP contribution in [-0.2, 0) is 13.7 Å². The van der Waals surface area contributed by atoms with Crippen LogP contribution in [0.4, 0.5) is 4.79 Å². The minimum absolute atomic E-state index is 0.271. The summed E-state index contributed by atoms with van der Waals surface area (Å²) in [6, 6.07) is 17.2. The highest BCUT2D eigenvalue weighted by molar-refractivity contribution is 6.39. The third kappa shape index (κ3) is 4.84. The molecule has 5 aromatic rings. The topological polar surface area (TPSA) is 86.7 Å². The van der Waals surface area contributed by atoms with Crippen LogP contribution in [-0.4, -0.2) is 21.0 Å². The van der Waals surface area contributed by atoms with Crippen molar-refractivity contribution in [3.8, 4) is 33.9 Å². The van der Waals surface area contributed by atoms with Crippen LogP contribution in [0.3, 0.4) is 0 Å². The first-order chi connectivity index (χ1) is 18.8. The zero-order valence-corrected chi connectivity index (χ0v) is 22.7. The van der Waals surface area contributed by atoms with E-state index in [-0.39, 0.29) is 6.61 Å². The van der Waals surface area contributed by atoms with Crippen LogP contribution in [0.2, 0.25) is 10.0 Å². The number of carbonyl (C=O) groups is 1. The Kier molecular flexibility index (Phi) is 6.49. The molecule has 0 bridgehead atoms. The minimum Gasteiger partial charge on any atom is -0.489 e. The average molecular weight is 563 g/mol. The van der Waals surface area contributed by atoms with Crippen LogP contribution in [0.1, 0.15) is 35.6 Å². The molecule has 0 amide bonds. The molecule has 3 aromatic carbocycles. The fourth-order valence-corrected chi connectivity index (χ4v) is 5.52. The molecule has 198 valence electrons. The van der Waals surface area contributed by atoms with E-state index in [2.05, 4.69) is 5.16 Å². The van der Waals surface area contributed by atoms with Crippen molar-refractivity contribution in [3.63, 3.8) is 0 Å². The number of aryl methyl sites for hydroxylation is 2. The molecule has 0 aliphatic heterocycles. The van der Waals surface area contributed by atoms with Crippen molar-refractivity contribution in [1.29, 1.82) is 0 Å². The normalized spacial score (nSPS) is 13.1. The van der Waals surface area contributed by atoms with Crippen molar-refractivity contribution in [2.24, 2.45) is 7.05 Å². The number of carboxylic acid groups (broad SMARTS) is 1. The van der Waals surface area contributed by atoms with E-state index >= 15 is 0 Å². The van der Waals surface area contributed by atoms with Crippen LogP contribution in [0.5, 0.6) is 11.5 Å². The van der Waals surface area contributed by atoms with Crippen LogP contribution >= 0.6 is 23.2 Å². The molecule has 0 saturated heterocycles. The van der Waals surface area contributed by atoms with Gasteiger partial charge >= 0.3 is 6.16 Å². The fourth-order valence-electron chi connectivity index (χ4n) is 4.94. The molecular formula is C30H24Cl2N2O5. The van der Waals surface area contributed by atoms with Crippen molar-refractivity contribution in [1.82, 2.24) is 9.72 Å². The maximum Gasteiger partial charge on any atom is 0.511 e. The van der Waals surface area contributed by atoms with Gasteiger partial charge in [0.05, 0.1) is 21.1 Å². The lowest BCUT2D eigenvalue weighted by molar-refractivity contribution is 0.145. The van der Waals surface area contributed by atoms with E-state index in [1.807, 2.05) is 54.9 Å². The summed E-state index contributed by atoms with van der Waals surface area (Å²) in [5.74, 6) is 2.19. The van der Waals surface area contributed by atoms with Crippen molar-refractivity contribution >= 4 is 40.3 Å². The Morgan fingerprint density at radius 1 is 1.13 bits per heavy atom. The third-order valence-electron chi connectivity index (χ3n) is 7.01. The Labute approximate surface area is 234 Å². The summed E-state index contributed by atoms with van der Waals surface area (Å²) in [5.41, 5.74) is 6.07. The predicted octanol–water partition coefficient (Wildman–Crippen LogP) is 8.63. The Morgan fingerprint density at radius 2 is 1.90 bits per heavy atom. The standard InChI is InChI=1S/C30H24Cl2N2O5/c1-16-12-19(9-11-20(16)18-8-10-21-25(13-18)34(2)14-26(21)38-30(35)36)37-15-22-28(33-39-29(22)17-6-7-17)27-23(31)4-3-5-24(27)32/h3-5,8-14,17H,6-7,15H2,1-2H3,(H,35,36). The molecule has 2 heterocycles. The SMILES string of the molecule is Cc1cc(OCc2c(-c3c(Cl)cccc3Cl)noc2C2CC2)ccc1-c1ccc2c(OC(=O)O)cn(C)c2c1. The van der Waals surface area contributed by atoms with Crippen LogP contribution < -0.4 is 9.47 Å². The van der Waals surface area contributed by atoms with Crippen molar-refractivity contribution in [3.05, 3.63) is 87.7 Å². The fraction of sp³-hybridized carbons (Fsp3) is 0.200. The lowest BCUT2D eigenvalue weighted by Crippen LogP contribution is -2.02. The molecule has 7 nitrogen and oxygen atoms in total. The first-order valence-electron chi connectivity index (χ1n) is 12.5. The lowest BCUT2D eigenvalue weighted by atomic mass is 9.99. The van der Waals surface area contributed by atoms with E-state index in [4.69, 9.17) is 42.3 Å². The van der Waals surface area contributed by atoms with Gasteiger partial charge in [0.25, 0.3) is 0 Å². The van der Waals surface area contributed by atoms with Gasteiger partial charge in [-0.25, -0.2) is 4.79 Å². The van der Waals surface area contributed by atoms with E-state index in [0.717, 1.165) is 51.8 Å². The highest BCUT2D eigenvalue weighted by Gasteiger charge is 2.33. The molecule has 39 heavy (non-hydrogen) atoms. The zero-order valence-electron chi connectivity index (χ0n) is 21.2. The van der Waals surface area contributed by atoms with Gasteiger partial charge in [-0.1, -0.05) is 46.6 Å². The molecule has 1 aliphatic rings. The number of aromatic nitrogens is 2. The van der Waals surface area contributed by atoms with Gasteiger partial charge in [0, 0.05) is 30.1 Å². The molecule has 0 unspecified atom stereocenters. The second kappa shape index (κ2) is 9.98. The van der Waals surface area contributed by atoms with Gasteiger partial charge in [-0.05, 0) is 72.9 Å². The molecule has 2 aromatic heterocycles. The van der Waals surface area contributed by atoms with Gasteiger partial charge in [-0.3, -0.25) is 0 Å². The largest absolute Gasteiger partial charge is 0.511 e. The number of rotatable bonds is 7. The zero-order chi connectivity index (χ0) is 27.3. The molecule has 0 spiro atoms. The van der Waals surface area contributed by atoms with Crippen LogP contribution in [0.25, 0.3) is 33.3 Å². The van der Waals surface area contributed by atoms with Gasteiger partial charge in [0.15, 0.2) is 5.75 Å². The molecule has 1 fully saturated rings. The Hall–Kier alpha value is -3.94. The van der Waals surface area contributed by atoms with E-state index < -0.39 is 6.16 Å². The summed E-state index contributed by atoms with van der Waals surface area (Å²) in [5, 5.41) is 15.1. The van der Waals surface area contributed by atoms with Gasteiger partial charge in [-0.2, -0.15) is 0 Å². The summed E-state index contributed by atoms with van der Waals surface area (Å²) in [7, 11) is 1.86. The second-order valence-electron chi connectivity index (χ2n) is 9.71. The Bertz CT molecular complexity index is 1720. The quantitative estimate of drug-likeness (QED) is 0.200. The molecule has 0 radical (unpaired) electrons. The van der Waals surface area contributed by atoms with E-state index in [1.54, 1.807) is 24.4 Å². The minimum atomic E-state index is -1.34. The van der Waals surface area contributed by atoms with E-state index in [0.29, 0.717) is 38.7 Å².